The molecule has 2 aromatic rings. The number of ether oxygens (including phenoxy) is 1. The predicted octanol–water partition coefficient (Wildman–Crippen LogP) is 3.37. The molecule has 1 aliphatic rings. The second kappa shape index (κ2) is 6.29. The van der Waals surface area contributed by atoms with Gasteiger partial charge in [-0.05, 0) is 44.7 Å². The number of aromatic nitrogens is 1. The zero-order chi connectivity index (χ0) is 16.4. The van der Waals surface area contributed by atoms with Crippen LogP contribution in [-0.4, -0.2) is 28.7 Å². The Labute approximate surface area is 139 Å². The molecule has 1 amide bonds. The number of anilines is 1. The van der Waals surface area contributed by atoms with Crippen molar-refractivity contribution in [1.29, 1.82) is 0 Å². The largest absolute Gasteiger partial charge is 0.496 e. The molecule has 0 bridgehead atoms. The highest BCUT2D eigenvalue weighted by Crippen LogP contribution is 2.34. The van der Waals surface area contributed by atoms with Crippen LogP contribution in [0.15, 0.2) is 23.6 Å². The lowest BCUT2D eigenvalue weighted by Crippen LogP contribution is -2.40. The molecule has 0 radical (unpaired) electrons. The van der Waals surface area contributed by atoms with Gasteiger partial charge in [0, 0.05) is 10.9 Å². The van der Waals surface area contributed by atoms with Gasteiger partial charge in [0.05, 0.1) is 12.8 Å². The molecule has 0 aliphatic heterocycles. The molecule has 1 aromatic carbocycles. The summed E-state index contributed by atoms with van der Waals surface area (Å²) >= 11 is 1.35. The number of methoxy groups -OCH3 is 1. The maximum Gasteiger partial charge on any atom is 0.258 e. The Kier molecular flexibility index (Phi) is 4.37. The van der Waals surface area contributed by atoms with Crippen LogP contribution in [0.5, 0.6) is 5.75 Å². The Hall–Kier alpha value is -1.92. The van der Waals surface area contributed by atoms with E-state index in [1.807, 2.05) is 30.5 Å². The highest BCUT2D eigenvalue weighted by atomic mass is 32.1. The number of benzene rings is 1. The van der Waals surface area contributed by atoms with Gasteiger partial charge in [0.1, 0.15) is 11.4 Å². The van der Waals surface area contributed by atoms with Crippen LogP contribution in [0.25, 0.3) is 11.3 Å². The molecular formula is C17H20N2O3S. The second-order valence-corrected chi connectivity index (χ2v) is 6.79. The Morgan fingerprint density at radius 3 is 2.83 bits per heavy atom. The summed E-state index contributed by atoms with van der Waals surface area (Å²) in [4.78, 5) is 16.7. The summed E-state index contributed by atoms with van der Waals surface area (Å²) in [6, 6.07) is 5.89. The Morgan fingerprint density at radius 1 is 1.39 bits per heavy atom. The van der Waals surface area contributed by atoms with Gasteiger partial charge in [-0.15, -0.1) is 11.3 Å². The molecule has 5 nitrogen and oxygen atoms in total. The molecular weight excluding hydrogens is 312 g/mol. The average Bonchev–Trinajstić information content (AvgIpc) is 3.17. The SMILES string of the molecule is COc1ccc(C)cc1-c1csc(NC(=O)C2(O)CCCC2)n1. The molecule has 1 aromatic heterocycles. The summed E-state index contributed by atoms with van der Waals surface area (Å²) in [6.45, 7) is 2.01. The molecule has 23 heavy (non-hydrogen) atoms. The molecule has 1 saturated carbocycles. The van der Waals surface area contributed by atoms with Gasteiger partial charge in [0.2, 0.25) is 0 Å². The summed E-state index contributed by atoms with van der Waals surface area (Å²) in [5.41, 5.74) is 1.51. The topological polar surface area (TPSA) is 71.5 Å². The van der Waals surface area contributed by atoms with E-state index < -0.39 is 5.60 Å². The number of carbonyl (C=O) groups is 1. The first-order chi connectivity index (χ1) is 11.0. The molecule has 0 atom stereocenters. The molecule has 0 spiro atoms. The van der Waals surface area contributed by atoms with E-state index in [2.05, 4.69) is 10.3 Å². The van der Waals surface area contributed by atoms with E-state index in [0.717, 1.165) is 35.4 Å². The van der Waals surface area contributed by atoms with Crippen LogP contribution < -0.4 is 10.1 Å². The maximum atomic E-state index is 12.2. The van der Waals surface area contributed by atoms with Gasteiger partial charge in [-0.3, -0.25) is 10.1 Å². The van der Waals surface area contributed by atoms with Crippen molar-refractivity contribution in [3.63, 3.8) is 0 Å². The van der Waals surface area contributed by atoms with E-state index in [1.54, 1.807) is 7.11 Å². The minimum atomic E-state index is -1.24. The van der Waals surface area contributed by atoms with Gasteiger partial charge in [0.15, 0.2) is 5.13 Å². The van der Waals surface area contributed by atoms with E-state index >= 15 is 0 Å². The summed E-state index contributed by atoms with van der Waals surface area (Å²) in [7, 11) is 1.62. The molecule has 3 rings (SSSR count). The molecule has 2 N–H and O–H groups in total. The van der Waals surface area contributed by atoms with Gasteiger partial charge in [-0.1, -0.05) is 11.6 Å². The highest BCUT2D eigenvalue weighted by Gasteiger charge is 2.39. The molecule has 0 unspecified atom stereocenters. The van der Waals surface area contributed by atoms with E-state index in [-0.39, 0.29) is 5.91 Å². The van der Waals surface area contributed by atoms with E-state index in [1.165, 1.54) is 11.3 Å². The van der Waals surface area contributed by atoms with Gasteiger partial charge in [-0.2, -0.15) is 0 Å². The number of nitrogens with one attached hydrogen (secondary N) is 1. The highest BCUT2D eigenvalue weighted by molar-refractivity contribution is 7.14. The van der Waals surface area contributed by atoms with Crippen molar-refractivity contribution < 1.29 is 14.6 Å². The van der Waals surface area contributed by atoms with Gasteiger partial charge < -0.3 is 9.84 Å². The van der Waals surface area contributed by atoms with Crippen molar-refractivity contribution in [1.82, 2.24) is 4.98 Å². The summed E-state index contributed by atoms with van der Waals surface area (Å²) < 4.78 is 5.38. The molecule has 1 fully saturated rings. The van der Waals surface area contributed by atoms with Crippen molar-refractivity contribution in [3.05, 3.63) is 29.1 Å². The second-order valence-electron chi connectivity index (χ2n) is 5.93. The van der Waals surface area contributed by atoms with E-state index in [4.69, 9.17) is 4.74 Å². The standard InChI is InChI=1S/C17H20N2O3S/c1-11-5-6-14(22-2)12(9-11)13-10-23-16(18-13)19-15(20)17(21)7-3-4-8-17/h5-6,9-10,21H,3-4,7-8H2,1-2H3,(H,18,19,20). The minimum Gasteiger partial charge on any atom is -0.496 e. The van der Waals surface area contributed by atoms with Crippen molar-refractivity contribution in [3.8, 4) is 17.0 Å². The van der Waals surface area contributed by atoms with Crippen LogP contribution in [0.4, 0.5) is 5.13 Å². The van der Waals surface area contributed by atoms with Crippen molar-refractivity contribution in [2.45, 2.75) is 38.2 Å². The number of rotatable bonds is 4. The summed E-state index contributed by atoms with van der Waals surface area (Å²) in [6.07, 6.45) is 2.80. The first-order valence-electron chi connectivity index (χ1n) is 7.66. The molecule has 0 saturated heterocycles. The van der Waals surface area contributed by atoms with Gasteiger partial charge >= 0.3 is 0 Å². The van der Waals surface area contributed by atoms with Crippen LogP contribution in [0.1, 0.15) is 31.2 Å². The lowest BCUT2D eigenvalue weighted by Gasteiger charge is -2.19. The van der Waals surface area contributed by atoms with Crippen molar-refractivity contribution in [2.75, 3.05) is 12.4 Å². The van der Waals surface area contributed by atoms with E-state index in [0.29, 0.717) is 18.0 Å². The Bertz CT molecular complexity index is 720. The first-order valence-corrected chi connectivity index (χ1v) is 8.54. The van der Waals surface area contributed by atoms with Crippen LogP contribution in [0.2, 0.25) is 0 Å². The first kappa shape index (κ1) is 16.0. The zero-order valence-corrected chi connectivity index (χ0v) is 14.1. The smallest absolute Gasteiger partial charge is 0.258 e. The minimum absolute atomic E-state index is 0.355. The van der Waals surface area contributed by atoms with Crippen LogP contribution in [-0.2, 0) is 4.79 Å². The summed E-state index contributed by atoms with van der Waals surface area (Å²) in [5.74, 6) is 0.389. The molecule has 122 valence electrons. The van der Waals surface area contributed by atoms with Gasteiger partial charge in [-0.25, -0.2) is 4.98 Å². The number of aryl methyl sites for hydroxylation is 1. The lowest BCUT2D eigenvalue weighted by atomic mass is 10.0. The Morgan fingerprint density at radius 2 is 2.13 bits per heavy atom. The molecule has 1 heterocycles. The van der Waals surface area contributed by atoms with E-state index in [9.17, 15) is 9.90 Å². The van der Waals surface area contributed by atoms with Crippen molar-refractivity contribution >= 4 is 22.4 Å². The average molecular weight is 332 g/mol. The number of thiazole rings is 1. The predicted molar refractivity (Wildman–Crippen MR) is 90.9 cm³/mol. The number of carbonyl (C=O) groups excluding carboxylic acids is 1. The summed E-state index contributed by atoms with van der Waals surface area (Å²) in [5, 5.41) is 15.4. The normalized spacial score (nSPS) is 16.3. The van der Waals surface area contributed by atoms with Gasteiger partial charge in [0.25, 0.3) is 5.91 Å². The number of hydrogen-bond donors (Lipinski definition) is 2. The maximum absolute atomic E-state index is 12.2. The fourth-order valence-corrected chi connectivity index (χ4v) is 3.58. The Balaban J connectivity index is 1.81. The third kappa shape index (κ3) is 3.23. The monoisotopic (exact) mass is 332 g/mol. The number of aliphatic hydroxyl groups is 1. The third-order valence-electron chi connectivity index (χ3n) is 4.21. The molecule has 6 heteroatoms. The number of amides is 1. The quantitative estimate of drug-likeness (QED) is 0.900. The fraction of sp³-hybridized carbons (Fsp3) is 0.412. The van der Waals surface area contributed by atoms with Crippen LogP contribution in [0, 0.1) is 6.92 Å². The zero-order valence-electron chi connectivity index (χ0n) is 13.3. The fourth-order valence-electron chi connectivity index (χ4n) is 2.88. The number of hydrogen-bond acceptors (Lipinski definition) is 5. The number of nitrogens with zero attached hydrogens (tertiary/aromatic N) is 1. The van der Waals surface area contributed by atoms with Crippen LogP contribution in [0.3, 0.4) is 0 Å². The lowest BCUT2D eigenvalue weighted by molar-refractivity contribution is -0.133. The third-order valence-corrected chi connectivity index (χ3v) is 4.97. The van der Waals surface area contributed by atoms with Crippen LogP contribution >= 0.6 is 11.3 Å². The molecule has 1 aliphatic carbocycles. The van der Waals surface area contributed by atoms with Crippen molar-refractivity contribution in [2.24, 2.45) is 0 Å².